The van der Waals surface area contributed by atoms with Crippen LogP contribution >= 0.6 is 0 Å². The number of aromatic nitrogens is 1. The zero-order valence-corrected chi connectivity index (χ0v) is 7.45. The van der Waals surface area contributed by atoms with E-state index < -0.39 is 0 Å². The maximum Gasteiger partial charge on any atom is 0.0831 e. The number of hydrogen-bond donors (Lipinski definition) is 1. The quantitative estimate of drug-likeness (QED) is 0.694. The van der Waals surface area contributed by atoms with Crippen molar-refractivity contribution in [1.82, 2.24) is 4.98 Å². The number of nitrogens with one attached hydrogen (secondary N) is 1. The van der Waals surface area contributed by atoms with Gasteiger partial charge >= 0.3 is 0 Å². The summed E-state index contributed by atoms with van der Waals surface area (Å²) in [4.78, 5) is 3.19. The SMILES string of the molecule is COC=Cc1c[nH]c2ccccc12. The fourth-order valence-corrected chi connectivity index (χ4v) is 1.37. The van der Waals surface area contributed by atoms with Crippen molar-refractivity contribution < 1.29 is 4.74 Å². The predicted molar refractivity (Wildman–Crippen MR) is 54.3 cm³/mol. The Balaban J connectivity index is 2.52. The Kier molecular flexibility index (Phi) is 2.04. The van der Waals surface area contributed by atoms with E-state index in [0.29, 0.717) is 0 Å². The van der Waals surface area contributed by atoms with E-state index in [4.69, 9.17) is 4.74 Å². The molecule has 0 aliphatic heterocycles. The minimum absolute atomic E-state index is 1.15. The second kappa shape index (κ2) is 3.35. The fourth-order valence-electron chi connectivity index (χ4n) is 1.37. The number of rotatable bonds is 2. The molecule has 1 aromatic carbocycles. The van der Waals surface area contributed by atoms with E-state index in [1.165, 1.54) is 5.39 Å². The molecule has 0 bridgehead atoms. The molecule has 0 saturated carbocycles. The lowest BCUT2D eigenvalue weighted by Gasteiger charge is -1.90. The third kappa shape index (κ3) is 1.43. The summed E-state index contributed by atoms with van der Waals surface area (Å²) in [6, 6.07) is 8.18. The Morgan fingerprint density at radius 1 is 1.31 bits per heavy atom. The minimum atomic E-state index is 1.15. The van der Waals surface area contributed by atoms with Crippen molar-refractivity contribution in [2.24, 2.45) is 0 Å². The van der Waals surface area contributed by atoms with Crippen LogP contribution in [-0.2, 0) is 4.74 Å². The summed E-state index contributed by atoms with van der Waals surface area (Å²) in [6.07, 6.45) is 5.59. The van der Waals surface area contributed by atoms with Gasteiger partial charge in [0, 0.05) is 22.7 Å². The number of benzene rings is 1. The zero-order valence-electron chi connectivity index (χ0n) is 7.45. The zero-order chi connectivity index (χ0) is 9.10. The Hall–Kier alpha value is -1.70. The number of aromatic amines is 1. The molecule has 0 fully saturated rings. The van der Waals surface area contributed by atoms with Gasteiger partial charge in [-0.2, -0.15) is 0 Å². The number of H-pyrrole nitrogens is 1. The molecule has 0 aliphatic rings. The van der Waals surface area contributed by atoms with Crippen LogP contribution in [0.2, 0.25) is 0 Å². The molecule has 0 aliphatic carbocycles. The van der Waals surface area contributed by atoms with Gasteiger partial charge in [0.05, 0.1) is 13.4 Å². The highest BCUT2D eigenvalue weighted by Gasteiger charge is 1.97. The van der Waals surface area contributed by atoms with Crippen molar-refractivity contribution in [2.45, 2.75) is 0 Å². The third-order valence-electron chi connectivity index (χ3n) is 2.00. The van der Waals surface area contributed by atoms with Gasteiger partial charge < -0.3 is 9.72 Å². The average Bonchev–Trinajstić information content (AvgIpc) is 2.58. The summed E-state index contributed by atoms with van der Waals surface area (Å²) in [5.41, 5.74) is 2.30. The van der Waals surface area contributed by atoms with Crippen molar-refractivity contribution in [2.75, 3.05) is 7.11 Å². The Bertz CT molecular complexity index is 428. The Morgan fingerprint density at radius 2 is 2.15 bits per heavy atom. The maximum atomic E-state index is 4.87. The van der Waals surface area contributed by atoms with E-state index in [0.717, 1.165) is 11.1 Å². The molecule has 1 N–H and O–H groups in total. The average molecular weight is 173 g/mol. The first-order chi connectivity index (χ1) is 6.42. The van der Waals surface area contributed by atoms with Crippen LogP contribution in [-0.4, -0.2) is 12.1 Å². The van der Waals surface area contributed by atoms with E-state index in [9.17, 15) is 0 Å². The lowest BCUT2D eigenvalue weighted by molar-refractivity contribution is 0.341. The first kappa shape index (κ1) is 7.92. The number of methoxy groups -OCH3 is 1. The largest absolute Gasteiger partial charge is 0.504 e. The van der Waals surface area contributed by atoms with E-state index in [-0.39, 0.29) is 0 Å². The molecule has 2 heteroatoms. The molecule has 13 heavy (non-hydrogen) atoms. The topological polar surface area (TPSA) is 25.0 Å². The molecule has 0 spiro atoms. The summed E-state index contributed by atoms with van der Waals surface area (Å²) >= 11 is 0. The molecule has 0 unspecified atom stereocenters. The van der Waals surface area contributed by atoms with Crippen LogP contribution in [0.25, 0.3) is 17.0 Å². The minimum Gasteiger partial charge on any atom is -0.504 e. The summed E-state index contributed by atoms with van der Waals surface area (Å²) in [6.45, 7) is 0. The molecule has 0 amide bonds. The number of ether oxygens (including phenoxy) is 1. The third-order valence-corrected chi connectivity index (χ3v) is 2.00. The highest BCUT2D eigenvalue weighted by molar-refractivity contribution is 5.88. The Morgan fingerprint density at radius 3 is 3.00 bits per heavy atom. The number of para-hydroxylation sites is 1. The van der Waals surface area contributed by atoms with Gasteiger partial charge in [-0.3, -0.25) is 0 Å². The van der Waals surface area contributed by atoms with Gasteiger partial charge in [-0.15, -0.1) is 0 Å². The highest BCUT2D eigenvalue weighted by Crippen LogP contribution is 2.18. The molecule has 0 atom stereocenters. The predicted octanol–water partition coefficient (Wildman–Crippen LogP) is 2.79. The number of hydrogen-bond acceptors (Lipinski definition) is 1. The van der Waals surface area contributed by atoms with Crippen LogP contribution in [0.1, 0.15) is 5.56 Å². The molecule has 2 aromatic rings. The molecule has 2 nitrogen and oxygen atoms in total. The van der Waals surface area contributed by atoms with Crippen LogP contribution < -0.4 is 0 Å². The molecule has 0 saturated heterocycles. The standard InChI is InChI=1S/C11H11NO/c1-13-7-6-9-8-12-11-5-3-2-4-10(9)11/h2-8,12H,1H3. The summed E-state index contributed by atoms with van der Waals surface area (Å²) in [7, 11) is 1.64. The van der Waals surface area contributed by atoms with Gasteiger partial charge in [-0.05, 0) is 12.1 Å². The van der Waals surface area contributed by atoms with Gasteiger partial charge in [-0.1, -0.05) is 18.2 Å². The molecule has 1 heterocycles. The normalized spacial score (nSPS) is 11.2. The van der Waals surface area contributed by atoms with E-state index in [1.807, 2.05) is 24.4 Å². The van der Waals surface area contributed by atoms with Crippen LogP contribution in [0.15, 0.2) is 36.7 Å². The fraction of sp³-hybridized carbons (Fsp3) is 0.0909. The molecular formula is C11H11NO. The van der Waals surface area contributed by atoms with Gasteiger partial charge in [0.25, 0.3) is 0 Å². The van der Waals surface area contributed by atoms with Crippen molar-refractivity contribution in [3.8, 4) is 0 Å². The monoisotopic (exact) mass is 173 g/mol. The van der Waals surface area contributed by atoms with Gasteiger partial charge in [0.1, 0.15) is 0 Å². The molecule has 2 rings (SSSR count). The van der Waals surface area contributed by atoms with Gasteiger partial charge in [0.15, 0.2) is 0 Å². The van der Waals surface area contributed by atoms with Crippen molar-refractivity contribution in [3.63, 3.8) is 0 Å². The van der Waals surface area contributed by atoms with Crippen LogP contribution in [0, 0.1) is 0 Å². The highest BCUT2D eigenvalue weighted by atomic mass is 16.5. The van der Waals surface area contributed by atoms with Crippen LogP contribution in [0.3, 0.4) is 0 Å². The van der Waals surface area contributed by atoms with Crippen LogP contribution in [0.5, 0.6) is 0 Å². The molecule has 1 aromatic heterocycles. The lowest BCUT2D eigenvalue weighted by atomic mass is 10.2. The summed E-state index contributed by atoms with van der Waals surface area (Å²) < 4.78 is 4.87. The second-order valence-corrected chi connectivity index (χ2v) is 2.83. The molecule has 0 radical (unpaired) electrons. The second-order valence-electron chi connectivity index (χ2n) is 2.83. The Labute approximate surface area is 76.8 Å². The van der Waals surface area contributed by atoms with E-state index in [1.54, 1.807) is 13.4 Å². The summed E-state index contributed by atoms with van der Waals surface area (Å²) in [5, 5.41) is 1.22. The smallest absolute Gasteiger partial charge is 0.0831 e. The molecular weight excluding hydrogens is 162 g/mol. The van der Waals surface area contributed by atoms with Gasteiger partial charge in [-0.25, -0.2) is 0 Å². The van der Waals surface area contributed by atoms with Crippen molar-refractivity contribution in [3.05, 3.63) is 42.3 Å². The lowest BCUT2D eigenvalue weighted by Crippen LogP contribution is -1.68. The van der Waals surface area contributed by atoms with Gasteiger partial charge in [0.2, 0.25) is 0 Å². The first-order valence-corrected chi connectivity index (χ1v) is 4.17. The molecule has 66 valence electrons. The summed E-state index contributed by atoms with van der Waals surface area (Å²) in [5.74, 6) is 0. The first-order valence-electron chi connectivity index (χ1n) is 4.17. The maximum absolute atomic E-state index is 4.87. The van der Waals surface area contributed by atoms with Crippen LogP contribution in [0.4, 0.5) is 0 Å². The van der Waals surface area contributed by atoms with E-state index >= 15 is 0 Å². The number of fused-ring (bicyclic) bond motifs is 1. The van der Waals surface area contributed by atoms with Crippen molar-refractivity contribution in [1.29, 1.82) is 0 Å². The van der Waals surface area contributed by atoms with Crippen molar-refractivity contribution >= 4 is 17.0 Å². The van der Waals surface area contributed by atoms with E-state index in [2.05, 4.69) is 17.1 Å².